The predicted molar refractivity (Wildman–Crippen MR) is 68.8 cm³/mol. The molecule has 0 aliphatic heterocycles. The number of hydrogen-bond acceptors (Lipinski definition) is 6. The molecule has 2 rings (SSSR count). The molecule has 0 unspecified atom stereocenters. The first kappa shape index (κ1) is 18.7. The minimum atomic E-state index is -1.08. The van der Waals surface area contributed by atoms with E-state index in [1.54, 1.807) is 24.5 Å². The molecule has 2 aromatic heterocycles. The van der Waals surface area contributed by atoms with E-state index in [-0.39, 0.29) is 16.8 Å². The van der Waals surface area contributed by atoms with Gasteiger partial charge in [0.25, 0.3) is 0 Å². The Bertz CT molecular complexity index is 562. The molecule has 7 heteroatoms. The van der Waals surface area contributed by atoms with Crippen LogP contribution in [-0.4, -0.2) is 21.9 Å². The van der Waals surface area contributed by atoms with E-state index in [0.717, 1.165) is 19.5 Å². The number of aliphatic carboxylic acids is 2. The largest absolute Gasteiger partial charge is 2.00 e. The van der Waals surface area contributed by atoms with Crippen molar-refractivity contribution in [1.29, 1.82) is 0 Å². The molecule has 0 aliphatic carbocycles. The molecular formula is C14H14CoN2O4. The number of carbonyl (C=O) groups excluding carboxylic acids is 2. The van der Waals surface area contributed by atoms with Gasteiger partial charge in [0.15, 0.2) is 0 Å². The van der Waals surface area contributed by atoms with Crippen molar-refractivity contribution in [1.82, 2.24) is 9.97 Å². The molecule has 0 saturated heterocycles. The van der Waals surface area contributed by atoms with Gasteiger partial charge in [-0.3, -0.25) is 9.97 Å². The Morgan fingerprint density at radius 2 is 1.38 bits per heavy atom. The zero-order chi connectivity index (χ0) is 16.3. The molecule has 0 amide bonds. The molecule has 2 heterocycles. The third kappa shape index (κ3) is 14.0. The maximum absolute atomic E-state index is 8.89. The summed E-state index contributed by atoms with van der Waals surface area (Å²) in [5, 5.41) is 17.8. The summed E-state index contributed by atoms with van der Waals surface area (Å²) in [5.41, 5.74) is 1.37. The van der Waals surface area contributed by atoms with Crippen LogP contribution in [0.25, 0.3) is 11.4 Å². The molecule has 0 bridgehead atoms. The van der Waals surface area contributed by atoms with Gasteiger partial charge in [-0.1, -0.05) is 12.1 Å². The summed E-state index contributed by atoms with van der Waals surface area (Å²) in [6.45, 7) is 1.94. The number of carboxylic acids is 2. The minimum Gasteiger partial charge on any atom is -0.550 e. The Morgan fingerprint density at radius 1 is 0.952 bits per heavy atom. The van der Waals surface area contributed by atoms with Gasteiger partial charge < -0.3 is 19.8 Å². The van der Waals surface area contributed by atoms with Gasteiger partial charge in [-0.25, -0.2) is 0 Å². The van der Waals surface area contributed by atoms with Crippen LogP contribution in [0.1, 0.15) is 15.2 Å². The third-order valence-corrected chi connectivity index (χ3v) is 1.51. The van der Waals surface area contributed by atoms with Crippen LogP contribution in [0, 0.1) is 0 Å². The standard InChI is InChI=1S/C10H8N2.2C2H4O2.Co/c1-3-7-11-9(5-1)10-6-2-4-8-12-10;2*1-2(3)4;/h1-8H;2*1H3,(H,3,4);/q;;;+2/p-2/i5D;;;. The second-order valence-corrected chi connectivity index (χ2v) is 3.33. The maximum Gasteiger partial charge on any atom is 2.00 e. The van der Waals surface area contributed by atoms with Crippen molar-refractivity contribution in [2.45, 2.75) is 13.8 Å². The van der Waals surface area contributed by atoms with Gasteiger partial charge in [0.2, 0.25) is 0 Å². The van der Waals surface area contributed by atoms with E-state index in [9.17, 15) is 0 Å². The predicted octanol–water partition coefficient (Wildman–Crippen LogP) is -0.346. The summed E-state index contributed by atoms with van der Waals surface area (Å²) in [6.07, 6.45) is 3.37. The van der Waals surface area contributed by atoms with Crippen LogP contribution in [0.4, 0.5) is 0 Å². The molecule has 113 valence electrons. The Balaban J connectivity index is 0. The van der Waals surface area contributed by atoms with Crippen molar-refractivity contribution in [2.75, 3.05) is 0 Å². The molecule has 0 atom stereocenters. The molecule has 0 N–H and O–H groups in total. The summed E-state index contributed by atoms with van der Waals surface area (Å²) in [6, 6.07) is 9.43. The van der Waals surface area contributed by atoms with Gasteiger partial charge in [0.05, 0.1) is 12.8 Å². The van der Waals surface area contributed by atoms with Gasteiger partial charge in [-0.05, 0) is 38.1 Å². The molecule has 1 radical (unpaired) electrons. The number of hydrogen-bond donors (Lipinski definition) is 0. The van der Waals surface area contributed by atoms with Crippen LogP contribution >= 0.6 is 0 Å². The van der Waals surface area contributed by atoms with Gasteiger partial charge in [-0.2, -0.15) is 0 Å². The van der Waals surface area contributed by atoms with E-state index < -0.39 is 11.9 Å². The molecule has 21 heavy (non-hydrogen) atoms. The fourth-order valence-electron chi connectivity index (χ4n) is 0.968. The van der Waals surface area contributed by atoms with Crippen molar-refractivity contribution >= 4 is 11.9 Å². The number of nitrogens with zero attached hydrogens (tertiary/aromatic N) is 2. The second kappa shape index (κ2) is 12.8. The number of pyridine rings is 2. The molecule has 0 fully saturated rings. The number of aromatic nitrogens is 2. The van der Waals surface area contributed by atoms with Crippen LogP contribution in [-0.2, 0) is 26.4 Å². The zero-order valence-electron chi connectivity index (χ0n) is 12.4. The molecule has 6 nitrogen and oxygen atoms in total. The SMILES string of the molecule is CC(=O)[O-].CC(=O)[O-].[2H]c1cccnc1-c1ccccn1.[Co+2]. The normalized spacial score (nSPS) is 8.57. The van der Waals surface area contributed by atoms with E-state index in [4.69, 9.17) is 21.2 Å². The molecule has 2 aromatic rings. The summed E-state index contributed by atoms with van der Waals surface area (Å²) in [4.78, 5) is 26.0. The second-order valence-electron chi connectivity index (χ2n) is 3.33. The summed E-state index contributed by atoms with van der Waals surface area (Å²) in [5.74, 6) is -2.17. The molecule has 0 spiro atoms. The van der Waals surface area contributed by atoms with Gasteiger partial charge in [0.1, 0.15) is 0 Å². The fourth-order valence-corrected chi connectivity index (χ4v) is 0.968. The number of carboxylic acid groups (broad SMARTS) is 2. The van der Waals surface area contributed by atoms with Crippen molar-refractivity contribution < 1.29 is 38.0 Å². The maximum atomic E-state index is 8.89. The Morgan fingerprint density at radius 3 is 1.76 bits per heavy atom. The van der Waals surface area contributed by atoms with Crippen molar-refractivity contribution in [3.8, 4) is 11.4 Å². The van der Waals surface area contributed by atoms with Crippen LogP contribution in [0.3, 0.4) is 0 Å². The zero-order valence-corrected chi connectivity index (χ0v) is 12.4. The van der Waals surface area contributed by atoms with Gasteiger partial charge in [-0.15, -0.1) is 0 Å². The van der Waals surface area contributed by atoms with Crippen LogP contribution in [0.5, 0.6) is 0 Å². The number of rotatable bonds is 1. The Hall–Kier alpha value is -2.25. The summed E-state index contributed by atoms with van der Waals surface area (Å²) in [7, 11) is 0. The summed E-state index contributed by atoms with van der Waals surface area (Å²) < 4.78 is 7.61. The van der Waals surface area contributed by atoms with E-state index in [1.807, 2.05) is 18.2 Å². The fraction of sp³-hybridized carbons (Fsp3) is 0.143. The third-order valence-electron chi connectivity index (χ3n) is 1.51. The van der Waals surface area contributed by atoms with E-state index >= 15 is 0 Å². The first-order chi connectivity index (χ1) is 9.84. The molecule has 0 aliphatic rings. The van der Waals surface area contributed by atoms with Crippen LogP contribution in [0.15, 0.2) is 48.8 Å². The monoisotopic (exact) mass is 334 g/mol. The first-order valence-electron chi connectivity index (χ1n) is 6.02. The number of carbonyl (C=O) groups is 2. The van der Waals surface area contributed by atoms with Crippen molar-refractivity contribution in [3.05, 3.63) is 48.8 Å². The molecule has 0 aromatic carbocycles. The average Bonchev–Trinajstić information content (AvgIpc) is 2.39. The van der Waals surface area contributed by atoms with E-state index in [0.29, 0.717) is 11.7 Å². The van der Waals surface area contributed by atoms with E-state index in [1.165, 1.54) is 0 Å². The topological polar surface area (TPSA) is 106 Å². The minimum absolute atomic E-state index is 0. The Labute approximate surface area is 134 Å². The van der Waals surface area contributed by atoms with Gasteiger partial charge >= 0.3 is 16.8 Å². The van der Waals surface area contributed by atoms with Crippen molar-refractivity contribution in [2.24, 2.45) is 0 Å². The van der Waals surface area contributed by atoms with E-state index in [2.05, 4.69) is 9.97 Å². The molecular weight excluding hydrogens is 319 g/mol. The smallest absolute Gasteiger partial charge is 0.550 e. The quantitative estimate of drug-likeness (QED) is 0.706. The van der Waals surface area contributed by atoms with Crippen molar-refractivity contribution in [3.63, 3.8) is 0 Å². The van der Waals surface area contributed by atoms with Crippen LogP contribution in [0.2, 0.25) is 0 Å². The van der Waals surface area contributed by atoms with Gasteiger partial charge in [0, 0.05) is 24.3 Å². The summed E-state index contributed by atoms with van der Waals surface area (Å²) >= 11 is 0. The molecule has 0 saturated carbocycles. The first-order valence-corrected chi connectivity index (χ1v) is 5.52. The average molecular weight is 334 g/mol. The van der Waals surface area contributed by atoms with Crippen LogP contribution < -0.4 is 10.2 Å². The Kier molecular flexibility index (Phi) is 11.4.